The molecule has 0 saturated carbocycles. The first-order chi connectivity index (χ1) is 11.7. The zero-order chi connectivity index (χ0) is 16.8. The van der Waals surface area contributed by atoms with Crippen molar-refractivity contribution in [2.45, 2.75) is 0 Å². The number of carbonyl (C=O) groups is 1. The first-order valence-electron chi connectivity index (χ1n) is 7.55. The third kappa shape index (κ3) is 4.24. The molecule has 3 nitrogen and oxygen atoms in total. The van der Waals surface area contributed by atoms with E-state index in [1.165, 1.54) is 0 Å². The number of amides is 1. The lowest BCUT2D eigenvalue weighted by Gasteiger charge is -2.12. The monoisotopic (exact) mass is 381 g/mol. The summed E-state index contributed by atoms with van der Waals surface area (Å²) in [5.74, 6) is 0.495. The van der Waals surface area contributed by atoms with Gasteiger partial charge in [-0.25, -0.2) is 0 Å². The molecule has 3 rings (SSSR count). The summed E-state index contributed by atoms with van der Waals surface area (Å²) in [6.07, 6.45) is 0. The van der Waals surface area contributed by atoms with Crippen LogP contribution in [0.1, 0.15) is 0 Å². The largest absolute Gasteiger partial charge is 0.483 e. The van der Waals surface area contributed by atoms with Crippen LogP contribution < -0.4 is 10.1 Å². The Morgan fingerprint density at radius 3 is 2.29 bits per heavy atom. The highest BCUT2D eigenvalue weighted by Crippen LogP contribution is 2.29. The van der Waals surface area contributed by atoms with Crippen molar-refractivity contribution in [3.05, 3.63) is 83.3 Å². The van der Waals surface area contributed by atoms with Crippen LogP contribution in [0.2, 0.25) is 0 Å². The number of anilines is 1. The van der Waals surface area contributed by atoms with Crippen molar-refractivity contribution in [2.75, 3.05) is 11.9 Å². The predicted molar refractivity (Wildman–Crippen MR) is 100 cm³/mol. The van der Waals surface area contributed by atoms with Crippen molar-refractivity contribution in [1.29, 1.82) is 0 Å². The van der Waals surface area contributed by atoms with Crippen molar-refractivity contribution in [3.63, 3.8) is 0 Å². The number of rotatable bonds is 5. The minimum atomic E-state index is -0.194. The second kappa shape index (κ2) is 7.79. The second-order valence-electron chi connectivity index (χ2n) is 5.21. The highest BCUT2D eigenvalue weighted by atomic mass is 79.9. The van der Waals surface area contributed by atoms with E-state index >= 15 is 0 Å². The normalized spacial score (nSPS) is 10.2. The Bertz CT molecular complexity index is 817. The highest BCUT2D eigenvalue weighted by molar-refractivity contribution is 9.10. The first-order valence-corrected chi connectivity index (χ1v) is 8.34. The Morgan fingerprint density at radius 1 is 0.875 bits per heavy atom. The second-order valence-corrected chi connectivity index (χ2v) is 6.12. The molecule has 0 unspecified atom stereocenters. The molecule has 0 spiro atoms. The van der Waals surface area contributed by atoms with Gasteiger partial charge in [0.1, 0.15) is 5.75 Å². The first kappa shape index (κ1) is 16.3. The smallest absolute Gasteiger partial charge is 0.262 e. The van der Waals surface area contributed by atoms with E-state index in [4.69, 9.17) is 4.74 Å². The van der Waals surface area contributed by atoms with Crippen molar-refractivity contribution < 1.29 is 9.53 Å². The van der Waals surface area contributed by atoms with Crippen LogP contribution in [0.25, 0.3) is 11.1 Å². The van der Waals surface area contributed by atoms with Crippen molar-refractivity contribution in [1.82, 2.24) is 0 Å². The standard InChI is InChI=1S/C20H16BrNO2/c21-16-10-12-17(13-11-16)22-20(23)14-24-19-9-5-4-8-18(19)15-6-2-1-3-7-15/h1-13H,14H2,(H,22,23). The summed E-state index contributed by atoms with van der Waals surface area (Å²) in [6, 6.07) is 25.1. The summed E-state index contributed by atoms with van der Waals surface area (Å²) in [6.45, 7) is -0.0418. The Kier molecular flexibility index (Phi) is 5.29. The molecule has 1 N–H and O–H groups in total. The van der Waals surface area contributed by atoms with Gasteiger partial charge in [-0.2, -0.15) is 0 Å². The van der Waals surface area contributed by atoms with E-state index in [2.05, 4.69) is 21.2 Å². The number of ether oxygens (including phenoxy) is 1. The van der Waals surface area contributed by atoms with Gasteiger partial charge in [-0.05, 0) is 35.9 Å². The van der Waals surface area contributed by atoms with E-state index in [1.807, 2.05) is 78.9 Å². The molecule has 0 aliphatic carbocycles. The molecule has 4 heteroatoms. The fourth-order valence-electron chi connectivity index (χ4n) is 2.32. The average Bonchev–Trinajstić information content (AvgIpc) is 2.63. The molecule has 0 saturated heterocycles. The highest BCUT2D eigenvalue weighted by Gasteiger charge is 2.08. The molecule has 0 bridgehead atoms. The zero-order valence-corrected chi connectivity index (χ0v) is 14.5. The molecule has 0 aromatic heterocycles. The summed E-state index contributed by atoms with van der Waals surface area (Å²) < 4.78 is 6.69. The summed E-state index contributed by atoms with van der Waals surface area (Å²) in [7, 11) is 0. The van der Waals surface area contributed by atoms with E-state index in [-0.39, 0.29) is 12.5 Å². The number of para-hydroxylation sites is 1. The molecule has 0 atom stereocenters. The van der Waals surface area contributed by atoms with Gasteiger partial charge < -0.3 is 10.1 Å². The van der Waals surface area contributed by atoms with Crippen LogP contribution in [0.3, 0.4) is 0 Å². The van der Waals surface area contributed by atoms with Gasteiger partial charge in [-0.1, -0.05) is 64.5 Å². The van der Waals surface area contributed by atoms with E-state index in [0.717, 1.165) is 21.3 Å². The van der Waals surface area contributed by atoms with E-state index in [1.54, 1.807) is 0 Å². The maximum atomic E-state index is 12.1. The zero-order valence-electron chi connectivity index (χ0n) is 12.9. The Balaban J connectivity index is 1.66. The molecule has 0 aliphatic rings. The molecule has 0 heterocycles. The van der Waals surface area contributed by atoms with Gasteiger partial charge >= 0.3 is 0 Å². The van der Waals surface area contributed by atoms with Crippen LogP contribution in [0.15, 0.2) is 83.3 Å². The molecule has 3 aromatic rings. The van der Waals surface area contributed by atoms with Crippen LogP contribution in [0.5, 0.6) is 5.75 Å². The molecule has 3 aromatic carbocycles. The van der Waals surface area contributed by atoms with Gasteiger partial charge in [0, 0.05) is 15.7 Å². The third-order valence-corrected chi connectivity index (χ3v) is 3.99. The Labute approximate surface area is 149 Å². The lowest BCUT2D eigenvalue weighted by molar-refractivity contribution is -0.118. The maximum Gasteiger partial charge on any atom is 0.262 e. The van der Waals surface area contributed by atoms with Crippen molar-refractivity contribution >= 4 is 27.5 Å². The predicted octanol–water partition coefficient (Wildman–Crippen LogP) is 5.13. The molecule has 1 amide bonds. The number of carbonyl (C=O) groups excluding carboxylic acids is 1. The molecule has 0 fully saturated rings. The average molecular weight is 382 g/mol. The van der Waals surface area contributed by atoms with Crippen molar-refractivity contribution in [2.24, 2.45) is 0 Å². The van der Waals surface area contributed by atoms with Crippen LogP contribution in [0.4, 0.5) is 5.69 Å². The van der Waals surface area contributed by atoms with E-state index in [9.17, 15) is 4.79 Å². The molecule has 120 valence electrons. The third-order valence-electron chi connectivity index (χ3n) is 3.46. The fraction of sp³-hybridized carbons (Fsp3) is 0.0500. The topological polar surface area (TPSA) is 38.3 Å². The SMILES string of the molecule is O=C(COc1ccccc1-c1ccccc1)Nc1ccc(Br)cc1. The number of hydrogen-bond acceptors (Lipinski definition) is 2. The lowest BCUT2D eigenvalue weighted by Crippen LogP contribution is -2.20. The van der Waals surface area contributed by atoms with Gasteiger partial charge in [0.2, 0.25) is 0 Å². The number of halogens is 1. The quantitative estimate of drug-likeness (QED) is 0.664. The van der Waals surface area contributed by atoms with Gasteiger partial charge in [0.25, 0.3) is 5.91 Å². The summed E-state index contributed by atoms with van der Waals surface area (Å²) >= 11 is 3.37. The van der Waals surface area contributed by atoms with Crippen LogP contribution in [0, 0.1) is 0 Å². The minimum Gasteiger partial charge on any atom is -0.483 e. The van der Waals surface area contributed by atoms with Gasteiger partial charge in [0.05, 0.1) is 0 Å². The van der Waals surface area contributed by atoms with E-state index < -0.39 is 0 Å². The maximum absolute atomic E-state index is 12.1. The Morgan fingerprint density at radius 2 is 1.54 bits per heavy atom. The lowest BCUT2D eigenvalue weighted by atomic mass is 10.1. The van der Waals surface area contributed by atoms with Gasteiger partial charge in [-0.3, -0.25) is 4.79 Å². The number of hydrogen-bond donors (Lipinski definition) is 1. The van der Waals surface area contributed by atoms with Crippen molar-refractivity contribution in [3.8, 4) is 16.9 Å². The number of nitrogens with one attached hydrogen (secondary N) is 1. The van der Waals surface area contributed by atoms with Gasteiger partial charge in [0.15, 0.2) is 6.61 Å². The molecular formula is C20H16BrNO2. The molecule has 24 heavy (non-hydrogen) atoms. The van der Waals surface area contributed by atoms with E-state index in [0.29, 0.717) is 5.75 Å². The molecular weight excluding hydrogens is 366 g/mol. The van der Waals surface area contributed by atoms with Crippen LogP contribution in [-0.2, 0) is 4.79 Å². The van der Waals surface area contributed by atoms with Crippen LogP contribution in [-0.4, -0.2) is 12.5 Å². The van der Waals surface area contributed by atoms with Gasteiger partial charge in [-0.15, -0.1) is 0 Å². The summed E-state index contributed by atoms with van der Waals surface area (Å²) in [5.41, 5.74) is 2.76. The molecule has 0 radical (unpaired) electrons. The molecule has 0 aliphatic heterocycles. The summed E-state index contributed by atoms with van der Waals surface area (Å²) in [5, 5.41) is 2.81. The fourth-order valence-corrected chi connectivity index (χ4v) is 2.59. The minimum absolute atomic E-state index is 0.0418. The summed E-state index contributed by atoms with van der Waals surface area (Å²) in [4.78, 5) is 12.1. The number of benzene rings is 3. The van der Waals surface area contributed by atoms with Crippen LogP contribution >= 0.6 is 15.9 Å². The Hall–Kier alpha value is -2.59.